The molecule has 7 nitrogen and oxygen atoms in total. The highest BCUT2D eigenvalue weighted by Gasteiger charge is 2.59. The molecule has 0 saturated heterocycles. The molecule has 2 aliphatic carbocycles. The number of nitrogens with one attached hydrogen (secondary N) is 1. The Morgan fingerprint density at radius 3 is 2.91 bits per heavy atom. The zero-order valence-corrected chi connectivity index (χ0v) is 13.7. The van der Waals surface area contributed by atoms with Crippen LogP contribution in [0, 0.1) is 5.41 Å². The lowest BCUT2D eigenvalue weighted by Crippen LogP contribution is -2.67. The zero-order chi connectivity index (χ0) is 16.1. The van der Waals surface area contributed by atoms with Crippen LogP contribution in [-0.2, 0) is 14.8 Å². The van der Waals surface area contributed by atoms with Crippen LogP contribution in [0.5, 0.6) is 0 Å². The number of ether oxygens (including phenoxy) is 1. The highest BCUT2D eigenvalue weighted by molar-refractivity contribution is 7.89. The molecule has 4 rings (SSSR count). The van der Waals surface area contributed by atoms with E-state index in [2.05, 4.69) is 19.7 Å². The maximum Gasteiger partial charge on any atom is 0.243 e. The Labute approximate surface area is 134 Å². The molecule has 0 bridgehead atoms. The van der Waals surface area contributed by atoms with Crippen molar-refractivity contribution in [1.82, 2.24) is 15.0 Å². The quantitative estimate of drug-likeness (QED) is 0.895. The second kappa shape index (κ2) is 5.25. The van der Waals surface area contributed by atoms with Crippen LogP contribution < -0.4 is 4.72 Å². The Morgan fingerprint density at radius 1 is 1.39 bits per heavy atom. The molecule has 124 valence electrons. The van der Waals surface area contributed by atoms with Gasteiger partial charge in [-0.3, -0.25) is 0 Å². The van der Waals surface area contributed by atoms with Crippen molar-refractivity contribution in [2.24, 2.45) is 5.41 Å². The zero-order valence-electron chi connectivity index (χ0n) is 12.9. The van der Waals surface area contributed by atoms with Crippen LogP contribution >= 0.6 is 0 Å². The van der Waals surface area contributed by atoms with E-state index in [9.17, 15) is 8.42 Å². The maximum absolute atomic E-state index is 12.8. The fraction of sp³-hybridized carbons (Fsp3) is 0.600. The Kier molecular flexibility index (Phi) is 3.44. The Balaban J connectivity index is 1.60. The summed E-state index contributed by atoms with van der Waals surface area (Å²) < 4.78 is 38.8. The number of rotatable bonds is 5. The molecule has 0 aliphatic heterocycles. The van der Waals surface area contributed by atoms with Gasteiger partial charge in [0, 0.05) is 18.1 Å². The molecular weight excluding hydrogens is 318 g/mol. The van der Waals surface area contributed by atoms with Crippen LogP contribution in [0.25, 0.3) is 11.0 Å². The summed E-state index contributed by atoms with van der Waals surface area (Å²) in [5.41, 5.74) is 0.675. The predicted octanol–water partition coefficient (Wildman–Crippen LogP) is 1.85. The van der Waals surface area contributed by atoms with Gasteiger partial charge in [0.05, 0.1) is 6.10 Å². The van der Waals surface area contributed by atoms with Gasteiger partial charge in [0.25, 0.3) is 0 Å². The third-order valence-electron chi connectivity index (χ3n) is 5.27. The molecule has 1 heterocycles. The fourth-order valence-corrected chi connectivity index (χ4v) is 5.34. The largest absolute Gasteiger partial charge is 0.378 e. The molecule has 2 unspecified atom stereocenters. The second-order valence-corrected chi connectivity index (χ2v) is 8.01. The lowest BCUT2D eigenvalue weighted by molar-refractivity contribution is -0.167. The number of aromatic nitrogens is 2. The Hall–Kier alpha value is -1.51. The average molecular weight is 337 g/mol. The van der Waals surface area contributed by atoms with Crippen LogP contribution in [-0.4, -0.2) is 37.5 Å². The molecule has 1 aromatic carbocycles. The summed E-state index contributed by atoms with van der Waals surface area (Å²) in [6.45, 7) is 2.64. The fourth-order valence-electron chi connectivity index (χ4n) is 3.85. The molecule has 1 N–H and O–H groups in total. The number of hydrogen-bond acceptors (Lipinski definition) is 6. The van der Waals surface area contributed by atoms with Crippen molar-refractivity contribution in [3.05, 3.63) is 18.2 Å². The van der Waals surface area contributed by atoms with E-state index in [1.54, 1.807) is 12.1 Å². The van der Waals surface area contributed by atoms with Gasteiger partial charge in [-0.2, -0.15) is 0 Å². The molecule has 8 heteroatoms. The van der Waals surface area contributed by atoms with Crippen LogP contribution in [0.3, 0.4) is 0 Å². The molecule has 0 radical (unpaired) electrons. The molecule has 2 atom stereocenters. The number of sulfonamides is 1. The minimum atomic E-state index is -3.67. The lowest BCUT2D eigenvalue weighted by Gasteiger charge is -2.60. The first-order valence-corrected chi connectivity index (χ1v) is 9.40. The summed E-state index contributed by atoms with van der Waals surface area (Å²) in [7, 11) is -3.67. The van der Waals surface area contributed by atoms with Crippen molar-refractivity contribution in [3.8, 4) is 0 Å². The summed E-state index contributed by atoms with van der Waals surface area (Å²) in [5.74, 6) is 0. The third kappa shape index (κ3) is 2.20. The van der Waals surface area contributed by atoms with E-state index in [-0.39, 0.29) is 28.0 Å². The molecule has 2 aliphatic rings. The monoisotopic (exact) mass is 337 g/mol. The van der Waals surface area contributed by atoms with Gasteiger partial charge in [-0.1, -0.05) is 12.5 Å². The minimum Gasteiger partial charge on any atom is -0.378 e. The van der Waals surface area contributed by atoms with E-state index < -0.39 is 10.0 Å². The lowest BCUT2D eigenvalue weighted by atomic mass is 9.51. The van der Waals surface area contributed by atoms with Gasteiger partial charge in [0.1, 0.15) is 10.4 Å². The molecular formula is C15H19N3O4S. The smallest absolute Gasteiger partial charge is 0.243 e. The molecule has 2 saturated carbocycles. The molecule has 1 aromatic heterocycles. The van der Waals surface area contributed by atoms with Gasteiger partial charge < -0.3 is 4.74 Å². The molecule has 2 fully saturated rings. The Bertz CT molecular complexity index is 828. The summed E-state index contributed by atoms with van der Waals surface area (Å²) in [6, 6.07) is 4.77. The number of hydrogen-bond donors (Lipinski definition) is 1. The van der Waals surface area contributed by atoms with Crippen LogP contribution in [0.15, 0.2) is 27.7 Å². The number of benzene rings is 1. The minimum absolute atomic E-state index is 0.0287. The van der Waals surface area contributed by atoms with E-state index in [4.69, 9.17) is 4.74 Å². The van der Waals surface area contributed by atoms with Crippen LogP contribution in [0.1, 0.15) is 32.6 Å². The second-order valence-electron chi connectivity index (χ2n) is 6.33. The van der Waals surface area contributed by atoms with Crippen molar-refractivity contribution in [1.29, 1.82) is 0 Å². The highest BCUT2D eigenvalue weighted by atomic mass is 32.2. The van der Waals surface area contributed by atoms with Gasteiger partial charge in [0.2, 0.25) is 10.0 Å². The van der Waals surface area contributed by atoms with Gasteiger partial charge in [-0.05, 0) is 48.6 Å². The first kappa shape index (κ1) is 15.0. The summed E-state index contributed by atoms with van der Waals surface area (Å²) in [5, 5.41) is 7.42. The van der Waals surface area contributed by atoms with Crippen molar-refractivity contribution < 1.29 is 17.8 Å². The predicted molar refractivity (Wildman–Crippen MR) is 82.2 cm³/mol. The van der Waals surface area contributed by atoms with Gasteiger partial charge >= 0.3 is 0 Å². The number of fused-ring (bicyclic) bond motifs is 1. The van der Waals surface area contributed by atoms with Crippen molar-refractivity contribution in [3.63, 3.8) is 0 Å². The van der Waals surface area contributed by atoms with Gasteiger partial charge in [0.15, 0.2) is 5.52 Å². The van der Waals surface area contributed by atoms with E-state index in [0.717, 1.165) is 25.7 Å². The van der Waals surface area contributed by atoms with E-state index in [1.165, 1.54) is 6.07 Å². The van der Waals surface area contributed by atoms with Crippen molar-refractivity contribution in [2.45, 2.75) is 49.6 Å². The number of nitrogens with zero attached hydrogens (tertiary/aromatic N) is 2. The van der Waals surface area contributed by atoms with Gasteiger partial charge in [-0.15, -0.1) is 0 Å². The maximum atomic E-state index is 12.8. The average Bonchev–Trinajstić information content (AvgIpc) is 2.92. The van der Waals surface area contributed by atoms with E-state index in [0.29, 0.717) is 12.1 Å². The van der Waals surface area contributed by atoms with E-state index >= 15 is 0 Å². The summed E-state index contributed by atoms with van der Waals surface area (Å²) in [4.78, 5) is 0.116. The molecule has 1 spiro atoms. The SMILES string of the molecule is CCOC1CC(NS(=O)(=O)c2cccc3nonc23)C12CCC2. The third-order valence-corrected chi connectivity index (χ3v) is 6.78. The standard InChI is InChI=1S/C15H19N3O4S/c1-2-21-13-9-12(15(13)7-4-8-15)18-23(19,20)11-6-3-5-10-14(11)17-22-16-10/h3,5-6,12-13,18H,2,4,7-9H2,1H3. The molecule has 23 heavy (non-hydrogen) atoms. The van der Waals surface area contributed by atoms with Gasteiger partial charge in [-0.25, -0.2) is 17.8 Å². The Morgan fingerprint density at radius 2 is 2.22 bits per heavy atom. The highest BCUT2D eigenvalue weighted by Crippen LogP contribution is 2.57. The van der Waals surface area contributed by atoms with Crippen molar-refractivity contribution in [2.75, 3.05) is 6.61 Å². The van der Waals surface area contributed by atoms with Crippen LogP contribution in [0.4, 0.5) is 0 Å². The normalized spacial score (nSPS) is 26.1. The molecule has 2 aromatic rings. The van der Waals surface area contributed by atoms with Crippen molar-refractivity contribution >= 4 is 21.1 Å². The first-order valence-electron chi connectivity index (χ1n) is 7.92. The topological polar surface area (TPSA) is 94.3 Å². The molecule has 0 amide bonds. The van der Waals surface area contributed by atoms with Crippen LogP contribution in [0.2, 0.25) is 0 Å². The first-order chi connectivity index (χ1) is 11.1. The van der Waals surface area contributed by atoms with E-state index in [1.807, 2.05) is 6.92 Å². The summed E-state index contributed by atoms with van der Waals surface area (Å²) in [6.07, 6.45) is 4.05. The summed E-state index contributed by atoms with van der Waals surface area (Å²) >= 11 is 0.